The van der Waals surface area contributed by atoms with Gasteiger partial charge in [0.2, 0.25) is 0 Å². The standard InChI is InChI=1S/C14H18FN3O/c15-12-6-9(5-10(7-16)14(12)17)13(19)8-18-11-3-1-2-4-11/h5-6,11,13,18-19H,1-4,8,17H2. The number of aliphatic hydroxyl groups excluding tert-OH is 1. The second kappa shape index (κ2) is 6.00. The van der Waals surface area contributed by atoms with Crippen molar-refractivity contribution in [2.24, 2.45) is 0 Å². The van der Waals surface area contributed by atoms with Crippen LogP contribution in [0.4, 0.5) is 10.1 Å². The van der Waals surface area contributed by atoms with E-state index in [4.69, 9.17) is 11.0 Å². The Morgan fingerprint density at radius 1 is 1.47 bits per heavy atom. The molecule has 19 heavy (non-hydrogen) atoms. The summed E-state index contributed by atoms with van der Waals surface area (Å²) in [5.74, 6) is -0.658. The number of hydrogen-bond acceptors (Lipinski definition) is 4. The number of nitrogens with one attached hydrogen (secondary N) is 1. The van der Waals surface area contributed by atoms with Crippen LogP contribution in [0.3, 0.4) is 0 Å². The van der Waals surface area contributed by atoms with Crippen LogP contribution < -0.4 is 11.1 Å². The molecule has 1 aromatic carbocycles. The summed E-state index contributed by atoms with van der Waals surface area (Å²) in [6.45, 7) is 0.360. The fourth-order valence-corrected chi connectivity index (χ4v) is 2.45. The third-order valence-corrected chi connectivity index (χ3v) is 3.61. The first-order valence-corrected chi connectivity index (χ1v) is 6.52. The molecule has 5 heteroatoms. The van der Waals surface area contributed by atoms with Crippen molar-refractivity contribution in [1.29, 1.82) is 5.26 Å². The Morgan fingerprint density at radius 2 is 2.16 bits per heavy atom. The van der Waals surface area contributed by atoms with Crippen LogP contribution in [0.5, 0.6) is 0 Å². The number of anilines is 1. The van der Waals surface area contributed by atoms with E-state index in [-0.39, 0.29) is 11.3 Å². The number of nitrogen functional groups attached to an aromatic ring is 1. The van der Waals surface area contributed by atoms with Gasteiger partial charge < -0.3 is 16.2 Å². The Labute approximate surface area is 112 Å². The van der Waals surface area contributed by atoms with Crippen LogP contribution in [0.25, 0.3) is 0 Å². The third kappa shape index (κ3) is 3.22. The maximum atomic E-state index is 13.5. The first-order valence-electron chi connectivity index (χ1n) is 6.52. The normalized spacial score (nSPS) is 17.3. The van der Waals surface area contributed by atoms with E-state index in [0.29, 0.717) is 18.2 Å². The summed E-state index contributed by atoms with van der Waals surface area (Å²) in [7, 11) is 0. The van der Waals surface area contributed by atoms with Crippen molar-refractivity contribution in [2.75, 3.05) is 12.3 Å². The second-order valence-corrected chi connectivity index (χ2v) is 4.98. The Morgan fingerprint density at radius 3 is 2.79 bits per heavy atom. The van der Waals surface area contributed by atoms with Crippen LogP contribution in [-0.2, 0) is 0 Å². The fraction of sp³-hybridized carbons (Fsp3) is 0.500. The molecule has 1 aromatic rings. The van der Waals surface area contributed by atoms with Crippen LogP contribution in [-0.4, -0.2) is 17.7 Å². The molecule has 0 aliphatic heterocycles. The van der Waals surface area contributed by atoms with E-state index in [1.165, 1.54) is 25.0 Å². The molecule has 1 aliphatic rings. The van der Waals surface area contributed by atoms with Gasteiger partial charge in [-0.1, -0.05) is 12.8 Å². The molecule has 4 N–H and O–H groups in total. The molecule has 0 bridgehead atoms. The molecule has 1 fully saturated rings. The number of nitriles is 1. The topological polar surface area (TPSA) is 82.1 Å². The highest BCUT2D eigenvalue weighted by Gasteiger charge is 2.18. The van der Waals surface area contributed by atoms with Crippen molar-refractivity contribution in [3.05, 3.63) is 29.1 Å². The number of rotatable bonds is 4. The lowest BCUT2D eigenvalue weighted by atomic mass is 10.0. The summed E-state index contributed by atoms with van der Waals surface area (Å²) in [6, 6.07) is 4.90. The Kier molecular flexibility index (Phi) is 4.35. The molecule has 0 saturated heterocycles. The highest BCUT2D eigenvalue weighted by atomic mass is 19.1. The lowest BCUT2D eigenvalue weighted by molar-refractivity contribution is 0.169. The predicted molar refractivity (Wildman–Crippen MR) is 70.7 cm³/mol. The molecule has 0 aromatic heterocycles. The fourth-order valence-electron chi connectivity index (χ4n) is 2.45. The van der Waals surface area contributed by atoms with Crippen LogP contribution in [0.15, 0.2) is 12.1 Å². The van der Waals surface area contributed by atoms with Crippen LogP contribution in [0.2, 0.25) is 0 Å². The molecular weight excluding hydrogens is 245 g/mol. The number of aliphatic hydroxyl groups is 1. The van der Waals surface area contributed by atoms with Gasteiger partial charge in [-0.05, 0) is 30.5 Å². The van der Waals surface area contributed by atoms with E-state index >= 15 is 0 Å². The molecule has 0 heterocycles. The molecule has 2 rings (SSSR count). The maximum absolute atomic E-state index is 13.5. The molecule has 0 amide bonds. The van der Waals surface area contributed by atoms with Crippen molar-refractivity contribution in [2.45, 2.75) is 37.8 Å². The lowest BCUT2D eigenvalue weighted by Gasteiger charge is -2.17. The molecule has 0 radical (unpaired) electrons. The predicted octanol–water partition coefficient (Wildman–Crippen LogP) is 1.85. The summed E-state index contributed by atoms with van der Waals surface area (Å²) in [5, 5.41) is 22.2. The van der Waals surface area contributed by atoms with Gasteiger partial charge in [-0.25, -0.2) is 4.39 Å². The van der Waals surface area contributed by atoms with Gasteiger partial charge in [0.25, 0.3) is 0 Å². The largest absolute Gasteiger partial charge is 0.395 e. The number of benzene rings is 1. The number of nitrogens with zero attached hydrogens (tertiary/aromatic N) is 1. The van der Waals surface area contributed by atoms with Gasteiger partial charge in [-0.3, -0.25) is 0 Å². The Balaban J connectivity index is 2.04. The number of hydrogen-bond donors (Lipinski definition) is 3. The highest BCUT2D eigenvalue weighted by Crippen LogP contribution is 2.23. The third-order valence-electron chi connectivity index (χ3n) is 3.61. The first-order chi connectivity index (χ1) is 9.11. The lowest BCUT2D eigenvalue weighted by Crippen LogP contribution is -2.30. The van der Waals surface area contributed by atoms with Gasteiger partial charge >= 0.3 is 0 Å². The van der Waals surface area contributed by atoms with E-state index in [0.717, 1.165) is 12.8 Å². The molecule has 1 saturated carbocycles. The van der Waals surface area contributed by atoms with E-state index < -0.39 is 11.9 Å². The molecule has 1 unspecified atom stereocenters. The number of halogens is 1. The molecule has 1 atom stereocenters. The molecule has 4 nitrogen and oxygen atoms in total. The molecule has 102 valence electrons. The van der Waals surface area contributed by atoms with E-state index in [1.54, 1.807) is 0 Å². The van der Waals surface area contributed by atoms with Gasteiger partial charge in [-0.15, -0.1) is 0 Å². The number of nitrogens with two attached hydrogens (primary N) is 1. The minimum atomic E-state index is -0.831. The molecule has 1 aliphatic carbocycles. The zero-order valence-corrected chi connectivity index (χ0v) is 10.7. The van der Waals surface area contributed by atoms with E-state index in [1.807, 2.05) is 6.07 Å². The van der Waals surface area contributed by atoms with Crippen LogP contribution in [0.1, 0.15) is 42.9 Å². The van der Waals surface area contributed by atoms with Crippen molar-refractivity contribution in [3.63, 3.8) is 0 Å². The zero-order chi connectivity index (χ0) is 13.8. The van der Waals surface area contributed by atoms with Gasteiger partial charge in [0.05, 0.1) is 17.4 Å². The SMILES string of the molecule is N#Cc1cc(C(O)CNC2CCCC2)cc(F)c1N. The minimum Gasteiger partial charge on any atom is -0.395 e. The van der Waals surface area contributed by atoms with E-state index in [2.05, 4.69) is 5.32 Å². The van der Waals surface area contributed by atoms with Crippen molar-refractivity contribution in [1.82, 2.24) is 5.32 Å². The van der Waals surface area contributed by atoms with Gasteiger partial charge in [0, 0.05) is 12.6 Å². The monoisotopic (exact) mass is 263 g/mol. The quantitative estimate of drug-likeness (QED) is 0.724. The smallest absolute Gasteiger partial charge is 0.147 e. The summed E-state index contributed by atoms with van der Waals surface area (Å²) in [4.78, 5) is 0. The average molecular weight is 263 g/mol. The summed E-state index contributed by atoms with van der Waals surface area (Å²) in [6.07, 6.45) is 3.83. The van der Waals surface area contributed by atoms with Crippen LogP contribution in [0, 0.1) is 17.1 Å². The average Bonchev–Trinajstić information content (AvgIpc) is 2.92. The van der Waals surface area contributed by atoms with Crippen molar-refractivity contribution < 1.29 is 9.50 Å². The zero-order valence-electron chi connectivity index (χ0n) is 10.7. The molecular formula is C14H18FN3O. The van der Waals surface area contributed by atoms with Crippen molar-refractivity contribution >= 4 is 5.69 Å². The van der Waals surface area contributed by atoms with Gasteiger partial charge in [0.1, 0.15) is 11.9 Å². The summed E-state index contributed by atoms with van der Waals surface area (Å²) >= 11 is 0. The van der Waals surface area contributed by atoms with Crippen LogP contribution >= 0.6 is 0 Å². The molecule has 0 spiro atoms. The van der Waals surface area contributed by atoms with Crippen molar-refractivity contribution in [3.8, 4) is 6.07 Å². The summed E-state index contributed by atoms with van der Waals surface area (Å²) in [5.41, 5.74) is 5.72. The van der Waals surface area contributed by atoms with Gasteiger partial charge in [-0.2, -0.15) is 5.26 Å². The Hall–Kier alpha value is -1.64. The second-order valence-electron chi connectivity index (χ2n) is 4.98. The van der Waals surface area contributed by atoms with E-state index in [9.17, 15) is 9.50 Å². The minimum absolute atomic E-state index is 0.0647. The van der Waals surface area contributed by atoms with Gasteiger partial charge in [0.15, 0.2) is 0 Å². The highest BCUT2D eigenvalue weighted by molar-refractivity contribution is 5.56. The summed E-state index contributed by atoms with van der Waals surface area (Å²) < 4.78 is 13.5. The first kappa shape index (κ1) is 13.8. The maximum Gasteiger partial charge on any atom is 0.147 e. The Bertz CT molecular complexity index is 492.